The van der Waals surface area contributed by atoms with Crippen molar-refractivity contribution in [3.63, 3.8) is 0 Å². The molecule has 0 heterocycles. The number of rotatable bonds is 6. The molecule has 0 aliphatic heterocycles. The summed E-state index contributed by atoms with van der Waals surface area (Å²) in [5.41, 5.74) is 0. The minimum Gasteiger partial charge on any atom is -0.481 e. The van der Waals surface area contributed by atoms with Crippen molar-refractivity contribution in [2.24, 2.45) is 0 Å². The van der Waals surface area contributed by atoms with Gasteiger partial charge in [0.05, 0.1) is 0 Å². The number of nitrogens with zero attached hydrogens (tertiary/aromatic N) is 1. The lowest BCUT2D eigenvalue weighted by atomic mass is 9.94. The first kappa shape index (κ1) is 15.5. The smallest absolute Gasteiger partial charge is 0.303 e. The normalized spacial score (nSPS) is 18.9. The van der Waals surface area contributed by atoms with Crippen molar-refractivity contribution < 1.29 is 9.90 Å². The molecule has 1 rings (SSSR count). The molecule has 0 unspecified atom stereocenters. The highest BCUT2D eigenvalue weighted by atomic mass is 16.4. The Morgan fingerprint density at radius 2 is 1.72 bits per heavy atom. The lowest BCUT2D eigenvalue weighted by molar-refractivity contribution is -0.137. The predicted molar refractivity (Wildman–Crippen MR) is 74.8 cm³/mol. The van der Waals surface area contributed by atoms with Crippen molar-refractivity contribution >= 4 is 5.97 Å². The summed E-state index contributed by atoms with van der Waals surface area (Å²) >= 11 is 0. The zero-order valence-corrected chi connectivity index (χ0v) is 12.0. The molecule has 0 aromatic carbocycles. The fraction of sp³-hybridized carbons (Fsp3) is 0.933. The fourth-order valence-electron chi connectivity index (χ4n) is 3.04. The Hall–Kier alpha value is -0.570. The van der Waals surface area contributed by atoms with Crippen LogP contribution in [0.2, 0.25) is 0 Å². The van der Waals surface area contributed by atoms with Crippen LogP contribution < -0.4 is 0 Å². The Bertz CT molecular complexity index is 233. The van der Waals surface area contributed by atoms with E-state index in [9.17, 15) is 4.79 Å². The first-order chi connectivity index (χ1) is 8.61. The van der Waals surface area contributed by atoms with Gasteiger partial charge in [0.2, 0.25) is 0 Å². The molecule has 106 valence electrons. The second-order valence-electron chi connectivity index (χ2n) is 5.83. The second-order valence-corrected chi connectivity index (χ2v) is 5.83. The summed E-state index contributed by atoms with van der Waals surface area (Å²) in [6.07, 6.45) is 10.5. The molecular weight excluding hydrogens is 226 g/mol. The summed E-state index contributed by atoms with van der Waals surface area (Å²) in [6.45, 7) is 5.41. The van der Waals surface area contributed by atoms with Gasteiger partial charge in [0, 0.05) is 18.5 Å². The van der Waals surface area contributed by atoms with E-state index in [-0.39, 0.29) is 0 Å². The number of hydrogen-bond acceptors (Lipinski definition) is 2. The monoisotopic (exact) mass is 255 g/mol. The SMILES string of the molecule is CC(C)N(CCCC(=O)O)C1CCCCCCC1. The highest BCUT2D eigenvalue weighted by Gasteiger charge is 2.21. The van der Waals surface area contributed by atoms with Gasteiger partial charge in [-0.2, -0.15) is 0 Å². The summed E-state index contributed by atoms with van der Waals surface area (Å²) in [5.74, 6) is -0.670. The Balaban J connectivity index is 2.44. The molecule has 0 saturated heterocycles. The second kappa shape index (κ2) is 8.52. The summed E-state index contributed by atoms with van der Waals surface area (Å²) in [4.78, 5) is 13.1. The maximum absolute atomic E-state index is 10.6. The van der Waals surface area contributed by atoms with Crippen LogP contribution in [0.5, 0.6) is 0 Å². The Morgan fingerprint density at radius 1 is 1.17 bits per heavy atom. The van der Waals surface area contributed by atoms with Crippen molar-refractivity contribution in [3.05, 3.63) is 0 Å². The van der Waals surface area contributed by atoms with Gasteiger partial charge in [0.25, 0.3) is 0 Å². The molecule has 1 aliphatic carbocycles. The lowest BCUT2D eigenvalue weighted by Gasteiger charge is -2.36. The number of aliphatic carboxylic acids is 1. The average Bonchev–Trinajstić information content (AvgIpc) is 2.24. The zero-order chi connectivity index (χ0) is 13.4. The molecule has 0 bridgehead atoms. The number of carbonyl (C=O) groups is 1. The van der Waals surface area contributed by atoms with Crippen molar-refractivity contribution in [2.75, 3.05) is 6.54 Å². The molecule has 3 nitrogen and oxygen atoms in total. The van der Waals surface area contributed by atoms with Crippen LogP contribution in [0.25, 0.3) is 0 Å². The highest BCUT2D eigenvalue weighted by Crippen LogP contribution is 2.23. The van der Waals surface area contributed by atoms with E-state index < -0.39 is 5.97 Å². The van der Waals surface area contributed by atoms with Crippen LogP contribution in [0.1, 0.15) is 71.6 Å². The molecule has 1 fully saturated rings. The first-order valence-electron chi connectivity index (χ1n) is 7.59. The Labute approximate surface area is 112 Å². The molecule has 0 radical (unpaired) electrons. The van der Waals surface area contributed by atoms with E-state index >= 15 is 0 Å². The van der Waals surface area contributed by atoms with Crippen LogP contribution >= 0.6 is 0 Å². The molecule has 0 aromatic rings. The zero-order valence-electron chi connectivity index (χ0n) is 12.0. The van der Waals surface area contributed by atoms with Gasteiger partial charge in [-0.3, -0.25) is 9.69 Å². The van der Waals surface area contributed by atoms with E-state index in [1.54, 1.807) is 0 Å². The Kier molecular flexibility index (Phi) is 7.33. The molecule has 0 aromatic heterocycles. The number of carboxylic acid groups (broad SMARTS) is 1. The minimum atomic E-state index is -0.670. The van der Waals surface area contributed by atoms with Crippen molar-refractivity contribution in [1.29, 1.82) is 0 Å². The first-order valence-corrected chi connectivity index (χ1v) is 7.59. The molecule has 0 amide bonds. The predicted octanol–water partition coefficient (Wildman–Crippen LogP) is 3.67. The van der Waals surface area contributed by atoms with E-state index in [1.807, 2.05) is 0 Å². The quantitative estimate of drug-likeness (QED) is 0.787. The van der Waals surface area contributed by atoms with Crippen LogP contribution in [0, 0.1) is 0 Å². The van der Waals surface area contributed by atoms with Gasteiger partial charge in [-0.1, -0.05) is 32.1 Å². The summed E-state index contributed by atoms with van der Waals surface area (Å²) in [6, 6.07) is 1.21. The van der Waals surface area contributed by atoms with Gasteiger partial charge in [-0.05, 0) is 39.7 Å². The van der Waals surface area contributed by atoms with Gasteiger partial charge in [0.1, 0.15) is 0 Å². The minimum absolute atomic E-state index is 0.302. The topological polar surface area (TPSA) is 40.5 Å². The maximum atomic E-state index is 10.6. The molecular formula is C15H29NO2. The van der Waals surface area contributed by atoms with E-state index in [4.69, 9.17) is 5.11 Å². The van der Waals surface area contributed by atoms with Gasteiger partial charge in [-0.25, -0.2) is 0 Å². The molecule has 0 spiro atoms. The highest BCUT2D eigenvalue weighted by molar-refractivity contribution is 5.66. The van der Waals surface area contributed by atoms with Gasteiger partial charge < -0.3 is 5.11 Å². The molecule has 0 atom stereocenters. The standard InChI is InChI=1S/C15H29NO2/c1-13(2)16(12-8-11-15(17)18)14-9-6-4-3-5-7-10-14/h13-14H,3-12H2,1-2H3,(H,17,18). The summed E-state index contributed by atoms with van der Waals surface area (Å²) in [7, 11) is 0. The van der Waals surface area contributed by atoms with Crippen LogP contribution in [-0.2, 0) is 4.79 Å². The summed E-state index contributed by atoms with van der Waals surface area (Å²) < 4.78 is 0. The maximum Gasteiger partial charge on any atom is 0.303 e. The molecule has 1 aliphatic rings. The van der Waals surface area contributed by atoms with Crippen LogP contribution in [0.15, 0.2) is 0 Å². The third-order valence-corrected chi connectivity index (χ3v) is 4.01. The van der Waals surface area contributed by atoms with E-state index in [1.165, 1.54) is 44.9 Å². The van der Waals surface area contributed by atoms with Gasteiger partial charge in [0.15, 0.2) is 0 Å². The van der Waals surface area contributed by atoms with Crippen molar-refractivity contribution in [2.45, 2.75) is 83.7 Å². The lowest BCUT2D eigenvalue weighted by Crippen LogP contribution is -2.41. The van der Waals surface area contributed by atoms with Crippen LogP contribution in [-0.4, -0.2) is 34.6 Å². The third-order valence-electron chi connectivity index (χ3n) is 4.01. The Morgan fingerprint density at radius 3 is 2.22 bits per heavy atom. The summed E-state index contributed by atoms with van der Waals surface area (Å²) in [5, 5.41) is 8.74. The van der Waals surface area contributed by atoms with Crippen molar-refractivity contribution in [3.8, 4) is 0 Å². The van der Waals surface area contributed by atoms with Crippen molar-refractivity contribution in [1.82, 2.24) is 4.90 Å². The third kappa shape index (κ3) is 5.85. The fourth-order valence-corrected chi connectivity index (χ4v) is 3.04. The molecule has 1 saturated carbocycles. The van der Waals surface area contributed by atoms with E-state index in [2.05, 4.69) is 18.7 Å². The molecule has 3 heteroatoms. The average molecular weight is 255 g/mol. The van der Waals surface area contributed by atoms with Crippen LogP contribution in [0.4, 0.5) is 0 Å². The number of hydrogen-bond donors (Lipinski definition) is 1. The largest absolute Gasteiger partial charge is 0.481 e. The molecule has 1 N–H and O–H groups in total. The van der Waals surface area contributed by atoms with Crippen LogP contribution in [0.3, 0.4) is 0 Å². The van der Waals surface area contributed by atoms with E-state index in [0.29, 0.717) is 18.5 Å². The molecule has 18 heavy (non-hydrogen) atoms. The van der Waals surface area contributed by atoms with E-state index in [0.717, 1.165) is 13.0 Å². The van der Waals surface area contributed by atoms with Gasteiger partial charge in [-0.15, -0.1) is 0 Å². The number of carboxylic acids is 1. The van der Waals surface area contributed by atoms with Gasteiger partial charge >= 0.3 is 5.97 Å².